The van der Waals surface area contributed by atoms with E-state index in [1.54, 1.807) is 7.11 Å². The van der Waals surface area contributed by atoms with Crippen molar-refractivity contribution in [1.29, 1.82) is 0 Å². The fourth-order valence-electron chi connectivity index (χ4n) is 2.91. The Morgan fingerprint density at radius 1 is 1.10 bits per heavy atom. The lowest BCUT2D eigenvalue weighted by Gasteiger charge is -2.17. The molecule has 3 heteroatoms. The van der Waals surface area contributed by atoms with E-state index in [-0.39, 0.29) is 6.04 Å². The molecular formula is C17H18ClNO. The Bertz CT molecular complexity index is 639. The molecule has 0 aliphatic heterocycles. The van der Waals surface area contributed by atoms with E-state index in [2.05, 4.69) is 18.2 Å². The Morgan fingerprint density at radius 2 is 1.90 bits per heavy atom. The van der Waals surface area contributed by atoms with Crippen LogP contribution in [0.25, 0.3) is 0 Å². The van der Waals surface area contributed by atoms with Crippen LogP contribution in [0.1, 0.15) is 34.7 Å². The van der Waals surface area contributed by atoms with Crippen LogP contribution >= 0.6 is 11.6 Å². The molecule has 0 radical (unpaired) electrons. The summed E-state index contributed by atoms with van der Waals surface area (Å²) in [5.74, 6) is 0.780. The first-order valence-electron chi connectivity index (χ1n) is 6.90. The molecule has 0 amide bonds. The third-order valence-corrected chi connectivity index (χ3v) is 4.24. The molecule has 0 bridgehead atoms. The van der Waals surface area contributed by atoms with Crippen LogP contribution in [0.5, 0.6) is 5.75 Å². The van der Waals surface area contributed by atoms with Gasteiger partial charge >= 0.3 is 0 Å². The number of aryl methyl sites for hydroxylation is 2. The van der Waals surface area contributed by atoms with Crippen LogP contribution < -0.4 is 10.5 Å². The van der Waals surface area contributed by atoms with Crippen molar-refractivity contribution in [3.8, 4) is 5.75 Å². The minimum atomic E-state index is -0.213. The smallest absolute Gasteiger partial charge is 0.124 e. The Hall–Kier alpha value is -1.51. The lowest BCUT2D eigenvalue weighted by atomic mass is 9.96. The number of methoxy groups -OCH3 is 1. The lowest BCUT2D eigenvalue weighted by molar-refractivity contribution is 0.408. The third kappa shape index (κ3) is 2.41. The summed E-state index contributed by atoms with van der Waals surface area (Å²) in [4.78, 5) is 0. The molecule has 0 saturated heterocycles. The summed E-state index contributed by atoms with van der Waals surface area (Å²) in [7, 11) is 1.65. The summed E-state index contributed by atoms with van der Waals surface area (Å²) in [5, 5.41) is 0.678. The number of ether oxygens (including phenoxy) is 1. The zero-order valence-electron chi connectivity index (χ0n) is 11.5. The van der Waals surface area contributed by atoms with Gasteiger partial charge in [0.1, 0.15) is 5.75 Å². The van der Waals surface area contributed by atoms with Crippen molar-refractivity contribution in [2.75, 3.05) is 7.11 Å². The average Bonchev–Trinajstić information content (AvgIpc) is 2.93. The van der Waals surface area contributed by atoms with Gasteiger partial charge in [0.25, 0.3) is 0 Å². The number of nitrogens with two attached hydrogens (primary N) is 1. The van der Waals surface area contributed by atoms with Crippen LogP contribution in [0.2, 0.25) is 5.02 Å². The van der Waals surface area contributed by atoms with Crippen molar-refractivity contribution < 1.29 is 4.74 Å². The summed E-state index contributed by atoms with van der Waals surface area (Å²) in [6.07, 6.45) is 3.59. The van der Waals surface area contributed by atoms with Gasteiger partial charge in [0.2, 0.25) is 0 Å². The third-order valence-electron chi connectivity index (χ3n) is 4.01. The Kier molecular flexibility index (Phi) is 3.68. The molecule has 104 valence electrons. The first kappa shape index (κ1) is 13.5. The number of fused-ring (bicyclic) bond motifs is 1. The number of halogens is 1. The van der Waals surface area contributed by atoms with Gasteiger partial charge in [-0.3, -0.25) is 0 Å². The van der Waals surface area contributed by atoms with Crippen LogP contribution in [0.3, 0.4) is 0 Å². The SMILES string of the molecule is COc1ccc(Cl)cc1C(N)c1ccc2c(c1)CCC2. The first-order valence-corrected chi connectivity index (χ1v) is 7.27. The van der Waals surface area contributed by atoms with Crippen molar-refractivity contribution in [3.63, 3.8) is 0 Å². The van der Waals surface area contributed by atoms with E-state index in [9.17, 15) is 0 Å². The van der Waals surface area contributed by atoms with Crippen LogP contribution in [-0.2, 0) is 12.8 Å². The molecule has 0 spiro atoms. The van der Waals surface area contributed by atoms with Crippen molar-refractivity contribution in [3.05, 3.63) is 63.7 Å². The lowest BCUT2D eigenvalue weighted by Crippen LogP contribution is -2.13. The maximum absolute atomic E-state index is 6.42. The molecule has 0 heterocycles. The van der Waals surface area contributed by atoms with E-state index >= 15 is 0 Å². The normalized spacial score (nSPS) is 14.9. The molecule has 2 aromatic rings. The molecule has 2 aromatic carbocycles. The molecule has 0 saturated carbocycles. The largest absolute Gasteiger partial charge is 0.496 e. The van der Waals surface area contributed by atoms with Gasteiger partial charge in [0.05, 0.1) is 13.2 Å². The van der Waals surface area contributed by atoms with E-state index in [0.29, 0.717) is 5.02 Å². The van der Waals surface area contributed by atoms with E-state index in [1.807, 2.05) is 18.2 Å². The zero-order valence-corrected chi connectivity index (χ0v) is 12.3. The highest BCUT2D eigenvalue weighted by Gasteiger charge is 2.17. The fourth-order valence-corrected chi connectivity index (χ4v) is 3.09. The van der Waals surface area contributed by atoms with E-state index < -0.39 is 0 Å². The molecule has 1 unspecified atom stereocenters. The van der Waals surface area contributed by atoms with Gasteiger partial charge in [0.15, 0.2) is 0 Å². The summed E-state index contributed by atoms with van der Waals surface area (Å²) >= 11 is 6.09. The van der Waals surface area contributed by atoms with Crippen LogP contribution in [-0.4, -0.2) is 7.11 Å². The van der Waals surface area contributed by atoms with Gasteiger partial charge in [-0.1, -0.05) is 29.8 Å². The molecule has 20 heavy (non-hydrogen) atoms. The van der Waals surface area contributed by atoms with E-state index in [4.69, 9.17) is 22.1 Å². The maximum Gasteiger partial charge on any atom is 0.124 e. The van der Waals surface area contributed by atoms with Gasteiger partial charge in [0, 0.05) is 10.6 Å². The van der Waals surface area contributed by atoms with Crippen molar-refractivity contribution in [2.45, 2.75) is 25.3 Å². The quantitative estimate of drug-likeness (QED) is 0.930. The molecule has 3 rings (SSSR count). The second kappa shape index (κ2) is 5.47. The standard InChI is InChI=1S/C17H18ClNO/c1-20-16-8-7-14(18)10-15(16)17(19)13-6-5-11-3-2-4-12(11)9-13/h5-10,17H,2-4,19H2,1H3. The van der Waals surface area contributed by atoms with Gasteiger partial charge < -0.3 is 10.5 Å². The monoisotopic (exact) mass is 287 g/mol. The average molecular weight is 288 g/mol. The molecule has 2 N–H and O–H groups in total. The molecule has 1 aliphatic carbocycles. The van der Waals surface area contributed by atoms with Crippen molar-refractivity contribution in [2.24, 2.45) is 5.73 Å². The van der Waals surface area contributed by atoms with Gasteiger partial charge in [-0.05, 0) is 54.2 Å². The van der Waals surface area contributed by atoms with E-state index in [1.165, 1.54) is 24.0 Å². The highest BCUT2D eigenvalue weighted by Crippen LogP contribution is 2.32. The second-order valence-corrected chi connectivity index (χ2v) is 5.68. The van der Waals surface area contributed by atoms with E-state index in [0.717, 1.165) is 23.3 Å². The van der Waals surface area contributed by atoms with Crippen LogP contribution in [0.15, 0.2) is 36.4 Å². The highest BCUT2D eigenvalue weighted by atomic mass is 35.5. The van der Waals surface area contributed by atoms with Crippen molar-refractivity contribution >= 4 is 11.6 Å². The maximum atomic E-state index is 6.42. The molecule has 2 nitrogen and oxygen atoms in total. The second-order valence-electron chi connectivity index (χ2n) is 5.25. The first-order chi connectivity index (χ1) is 9.69. The predicted molar refractivity (Wildman–Crippen MR) is 82.5 cm³/mol. The van der Waals surface area contributed by atoms with Gasteiger partial charge in [-0.15, -0.1) is 0 Å². The topological polar surface area (TPSA) is 35.2 Å². The summed E-state index contributed by atoms with van der Waals surface area (Å²) in [6.45, 7) is 0. The minimum Gasteiger partial charge on any atom is -0.496 e. The molecular weight excluding hydrogens is 270 g/mol. The van der Waals surface area contributed by atoms with Crippen LogP contribution in [0, 0.1) is 0 Å². The minimum absolute atomic E-state index is 0.213. The number of rotatable bonds is 3. The Morgan fingerprint density at radius 3 is 2.70 bits per heavy atom. The number of hydrogen-bond acceptors (Lipinski definition) is 2. The van der Waals surface area contributed by atoms with Gasteiger partial charge in [-0.2, -0.15) is 0 Å². The molecule has 0 fully saturated rings. The van der Waals surface area contributed by atoms with Crippen molar-refractivity contribution in [1.82, 2.24) is 0 Å². The number of benzene rings is 2. The summed E-state index contributed by atoms with van der Waals surface area (Å²) in [5.41, 5.74) is 11.3. The Balaban J connectivity index is 2.00. The predicted octanol–water partition coefficient (Wildman–Crippen LogP) is 3.89. The molecule has 1 aliphatic rings. The van der Waals surface area contributed by atoms with Crippen LogP contribution in [0.4, 0.5) is 0 Å². The number of hydrogen-bond donors (Lipinski definition) is 1. The van der Waals surface area contributed by atoms with Gasteiger partial charge in [-0.25, -0.2) is 0 Å². The molecule has 0 aromatic heterocycles. The fraction of sp³-hybridized carbons (Fsp3) is 0.294. The molecule has 1 atom stereocenters. The summed E-state index contributed by atoms with van der Waals surface area (Å²) < 4.78 is 5.40. The Labute approximate surface area is 124 Å². The zero-order chi connectivity index (χ0) is 14.1. The summed E-state index contributed by atoms with van der Waals surface area (Å²) in [6, 6.07) is 11.9. The highest BCUT2D eigenvalue weighted by molar-refractivity contribution is 6.30.